The third kappa shape index (κ3) is 3.57. The second kappa shape index (κ2) is 6.52. The number of rotatable bonds is 6. The van der Waals surface area contributed by atoms with E-state index in [9.17, 15) is 9.59 Å². The Bertz CT molecular complexity index is 587. The van der Waals surface area contributed by atoms with Crippen molar-refractivity contribution in [3.05, 3.63) is 35.2 Å². The van der Waals surface area contributed by atoms with Gasteiger partial charge in [0.25, 0.3) is 5.91 Å². The molecule has 5 heteroatoms. The van der Waals surface area contributed by atoms with E-state index < -0.39 is 5.97 Å². The van der Waals surface area contributed by atoms with Gasteiger partial charge in [0.1, 0.15) is 0 Å². The Balaban J connectivity index is 2.11. The Hall–Kier alpha value is -1.88. The number of benzene rings is 1. The molecule has 0 aliphatic rings. The molecule has 0 aliphatic heterocycles. The van der Waals surface area contributed by atoms with Crippen LogP contribution in [0.4, 0.5) is 0 Å². The third-order valence-corrected chi connectivity index (χ3v) is 4.16. The van der Waals surface area contributed by atoms with Crippen molar-refractivity contribution in [1.82, 2.24) is 5.32 Å². The first-order valence-electron chi connectivity index (χ1n) is 6.61. The molecule has 1 aromatic heterocycles. The van der Waals surface area contributed by atoms with Crippen LogP contribution in [-0.2, 0) is 4.79 Å². The normalized spacial score (nSPS) is 12.2. The van der Waals surface area contributed by atoms with Crippen molar-refractivity contribution < 1.29 is 14.7 Å². The lowest BCUT2D eigenvalue weighted by Crippen LogP contribution is -2.36. The zero-order chi connectivity index (χ0) is 14.5. The average molecular weight is 291 g/mol. The number of carbonyl (C=O) groups excluding carboxylic acids is 1. The maximum atomic E-state index is 12.2. The van der Waals surface area contributed by atoms with Crippen molar-refractivity contribution in [2.24, 2.45) is 0 Å². The van der Waals surface area contributed by atoms with Crippen molar-refractivity contribution in [2.45, 2.75) is 32.2 Å². The molecule has 1 heterocycles. The zero-order valence-corrected chi connectivity index (χ0v) is 12.1. The van der Waals surface area contributed by atoms with E-state index >= 15 is 0 Å². The van der Waals surface area contributed by atoms with Gasteiger partial charge in [0, 0.05) is 10.7 Å². The molecule has 0 saturated heterocycles. The van der Waals surface area contributed by atoms with Gasteiger partial charge in [0.05, 0.1) is 11.3 Å². The Morgan fingerprint density at radius 2 is 2.10 bits per heavy atom. The van der Waals surface area contributed by atoms with Crippen LogP contribution in [0.5, 0.6) is 0 Å². The maximum Gasteiger partial charge on any atom is 0.305 e. The summed E-state index contributed by atoms with van der Waals surface area (Å²) >= 11 is 1.42. The summed E-state index contributed by atoms with van der Waals surface area (Å²) in [5, 5.41) is 12.7. The summed E-state index contributed by atoms with van der Waals surface area (Å²) in [5.74, 6) is -1.08. The molecule has 0 saturated carbocycles. The van der Waals surface area contributed by atoms with Crippen LogP contribution in [0.3, 0.4) is 0 Å². The molecule has 2 rings (SSSR count). The molecule has 2 aromatic rings. The van der Waals surface area contributed by atoms with Crippen LogP contribution < -0.4 is 5.32 Å². The number of carboxylic acid groups (broad SMARTS) is 1. The van der Waals surface area contributed by atoms with E-state index in [0.717, 1.165) is 16.5 Å². The standard InChI is InChI=1S/C15H17NO3S/c1-2-5-11(9-14(17)18)16-15(19)13-8-10-6-3-4-7-12(10)20-13/h3-4,6-8,11H,2,5,9H2,1H3,(H,16,19)(H,17,18). The first-order valence-corrected chi connectivity index (χ1v) is 7.43. The quantitative estimate of drug-likeness (QED) is 0.858. The molecule has 1 aromatic carbocycles. The highest BCUT2D eigenvalue weighted by atomic mass is 32.1. The summed E-state index contributed by atoms with van der Waals surface area (Å²) < 4.78 is 1.06. The predicted molar refractivity (Wildman–Crippen MR) is 80.2 cm³/mol. The second-order valence-electron chi connectivity index (χ2n) is 4.71. The fraction of sp³-hybridized carbons (Fsp3) is 0.333. The second-order valence-corrected chi connectivity index (χ2v) is 5.79. The predicted octanol–water partition coefficient (Wildman–Crippen LogP) is 3.27. The van der Waals surface area contributed by atoms with Crippen LogP contribution in [0.15, 0.2) is 30.3 Å². The number of hydrogen-bond donors (Lipinski definition) is 2. The maximum absolute atomic E-state index is 12.2. The molecule has 2 N–H and O–H groups in total. The van der Waals surface area contributed by atoms with Crippen molar-refractivity contribution in [3.8, 4) is 0 Å². The summed E-state index contributed by atoms with van der Waals surface area (Å²) in [5.41, 5.74) is 0. The number of thiophene rings is 1. The highest BCUT2D eigenvalue weighted by Gasteiger charge is 2.17. The topological polar surface area (TPSA) is 66.4 Å². The highest BCUT2D eigenvalue weighted by molar-refractivity contribution is 7.20. The molecule has 0 radical (unpaired) electrons. The monoisotopic (exact) mass is 291 g/mol. The molecule has 1 unspecified atom stereocenters. The largest absolute Gasteiger partial charge is 0.481 e. The molecule has 0 fully saturated rings. The van der Waals surface area contributed by atoms with Gasteiger partial charge in [-0.2, -0.15) is 0 Å². The van der Waals surface area contributed by atoms with Crippen LogP contribution >= 0.6 is 11.3 Å². The van der Waals surface area contributed by atoms with Gasteiger partial charge in [-0.3, -0.25) is 9.59 Å². The van der Waals surface area contributed by atoms with Crippen LogP contribution in [-0.4, -0.2) is 23.0 Å². The summed E-state index contributed by atoms with van der Waals surface area (Å²) in [6.45, 7) is 1.97. The van der Waals surface area contributed by atoms with Crippen molar-refractivity contribution in [1.29, 1.82) is 0 Å². The average Bonchev–Trinajstić information content (AvgIpc) is 2.82. The van der Waals surface area contributed by atoms with Crippen molar-refractivity contribution in [3.63, 3.8) is 0 Å². The Morgan fingerprint density at radius 1 is 1.35 bits per heavy atom. The summed E-state index contributed by atoms with van der Waals surface area (Å²) in [6.07, 6.45) is 1.47. The lowest BCUT2D eigenvalue weighted by Gasteiger charge is -2.15. The van der Waals surface area contributed by atoms with Gasteiger partial charge in [-0.05, 0) is 23.9 Å². The number of aliphatic carboxylic acids is 1. The molecular weight excluding hydrogens is 274 g/mol. The van der Waals surface area contributed by atoms with E-state index in [2.05, 4.69) is 5.32 Å². The fourth-order valence-corrected chi connectivity index (χ4v) is 3.10. The van der Waals surface area contributed by atoms with Crippen LogP contribution in [0.1, 0.15) is 35.9 Å². The minimum absolute atomic E-state index is 0.0372. The molecule has 0 spiro atoms. The van der Waals surface area contributed by atoms with Crippen molar-refractivity contribution in [2.75, 3.05) is 0 Å². The number of nitrogens with one attached hydrogen (secondary N) is 1. The van der Waals surface area contributed by atoms with E-state index in [-0.39, 0.29) is 18.4 Å². The van der Waals surface area contributed by atoms with Crippen LogP contribution in [0.2, 0.25) is 0 Å². The van der Waals surface area contributed by atoms with E-state index in [0.29, 0.717) is 11.3 Å². The first kappa shape index (κ1) is 14.5. The Labute approximate surface area is 121 Å². The van der Waals surface area contributed by atoms with Gasteiger partial charge in [0.2, 0.25) is 0 Å². The summed E-state index contributed by atoms with van der Waals surface area (Å²) in [6, 6.07) is 9.33. The van der Waals surface area contributed by atoms with E-state index in [4.69, 9.17) is 5.11 Å². The van der Waals surface area contributed by atoms with E-state index in [1.807, 2.05) is 37.3 Å². The minimum Gasteiger partial charge on any atom is -0.481 e. The molecule has 1 atom stereocenters. The van der Waals surface area contributed by atoms with Gasteiger partial charge < -0.3 is 10.4 Å². The van der Waals surface area contributed by atoms with Gasteiger partial charge >= 0.3 is 5.97 Å². The van der Waals surface area contributed by atoms with Gasteiger partial charge in [0.15, 0.2) is 0 Å². The SMILES string of the molecule is CCCC(CC(=O)O)NC(=O)c1cc2ccccc2s1. The fourth-order valence-electron chi connectivity index (χ4n) is 2.13. The molecule has 20 heavy (non-hydrogen) atoms. The molecule has 0 aliphatic carbocycles. The lowest BCUT2D eigenvalue weighted by molar-refractivity contribution is -0.137. The van der Waals surface area contributed by atoms with E-state index in [1.165, 1.54) is 11.3 Å². The molecule has 4 nitrogen and oxygen atoms in total. The first-order chi connectivity index (χ1) is 9.60. The van der Waals surface area contributed by atoms with E-state index in [1.54, 1.807) is 0 Å². The van der Waals surface area contributed by atoms with Crippen LogP contribution in [0.25, 0.3) is 10.1 Å². The number of carbonyl (C=O) groups is 2. The third-order valence-electron chi connectivity index (χ3n) is 3.04. The minimum atomic E-state index is -0.889. The van der Waals surface area contributed by atoms with Gasteiger partial charge in [-0.25, -0.2) is 0 Å². The smallest absolute Gasteiger partial charge is 0.305 e. The van der Waals surface area contributed by atoms with Gasteiger partial charge in [-0.15, -0.1) is 11.3 Å². The lowest BCUT2D eigenvalue weighted by atomic mass is 10.1. The number of fused-ring (bicyclic) bond motifs is 1. The Morgan fingerprint density at radius 3 is 2.75 bits per heavy atom. The molecule has 106 valence electrons. The number of hydrogen-bond acceptors (Lipinski definition) is 3. The molecular formula is C15H17NO3S. The number of carboxylic acids is 1. The Kier molecular flexibility index (Phi) is 4.74. The summed E-state index contributed by atoms with van der Waals surface area (Å²) in [7, 11) is 0. The molecule has 1 amide bonds. The zero-order valence-electron chi connectivity index (χ0n) is 11.3. The molecule has 0 bridgehead atoms. The van der Waals surface area contributed by atoms with Crippen molar-refractivity contribution >= 4 is 33.3 Å². The highest BCUT2D eigenvalue weighted by Crippen LogP contribution is 2.25. The summed E-state index contributed by atoms with van der Waals surface area (Å²) in [4.78, 5) is 23.6. The van der Waals surface area contributed by atoms with Gasteiger partial charge in [-0.1, -0.05) is 31.5 Å². The van der Waals surface area contributed by atoms with Crippen LogP contribution in [0, 0.1) is 0 Å². The number of amides is 1.